The fraction of sp³-hybridized carbons (Fsp3) is 0.148. The van der Waals surface area contributed by atoms with E-state index >= 15 is 0 Å². The number of pyridine rings is 2. The molecule has 5 nitrogen and oxygen atoms in total. The second kappa shape index (κ2) is 10.3. The first-order chi connectivity index (χ1) is 16.1. The number of fused-ring (bicyclic) bond motifs is 1. The number of anilines is 1. The van der Waals surface area contributed by atoms with E-state index in [0.717, 1.165) is 45.4 Å². The molecule has 0 fully saturated rings. The first-order valence-electron chi connectivity index (χ1n) is 10.8. The Bertz CT molecular complexity index is 1300. The van der Waals surface area contributed by atoms with Gasteiger partial charge in [-0.1, -0.05) is 54.6 Å². The summed E-state index contributed by atoms with van der Waals surface area (Å²) in [6, 6.07) is 17.4. The summed E-state index contributed by atoms with van der Waals surface area (Å²) in [7, 11) is 0. The van der Waals surface area contributed by atoms with Crippen LogP contribution in [0.15, 0.2) is 79.8 Å². The zero-order valence-corrected chi connectivity index (χ0v) is 19.2. The summed E-state index contributed by atoms with van der Waals surface area (Å²) in [4.78, 5) is 21.5. The molecule has 0 radical (unpaired) electrons. The fourth-order valence-electron chi connectivity index (χ4n) is 3.93. The van der Waals surface area contributed by atoms with Crippen molar-refractivity contribution in [1.29, 1.82) is 0 Å². The SMILES string of the molecule is C=CNc1cc(C)nc2c(CCc3c(Cl)cncc3CNC(=O)c3ccccc3)cccc12. The molecule has 2 N–H and O–H groups in total. The smallest absolute Gasteiger partial charge is 0.251 e. The van der Waals surface area contributed by atoms with Gasteiger partial charge in [0.05, 0.1) is 10.5 Å². The maximum Gasteiger partial charge on any atom is 0.251 e. The van der Waals surface area contributed by atoms with Crippen LogP contribution in [0.2, 0.25) is 5.02 Å². The molecule has 0 spiro atoms. The number of amides is 1. The summed E-state index contributed by atoms with van der Waals surface area (Å²) < 4.78 is 0. The first-order valence-corrected chi connectivity index (χ1v) is 11.2. The monoisotopic (exact) mass is 456 g/mol. The van der Waals surface area contributed by atoms with E-state index in [1.807, 2.05) is 37.3 Å². The zero-order valence-electron chi connectivity index (χ0n) is 18.4. The highest BCUT2D eigenvalue weighted by Crippen LogP contribution is 2.28. The van der Waals surface area contributed by atoms with E-state index in [1.165, 1.54) is 0 Å². The molecule has 0 saturated carbocycles. The van der Waals surface area contributed by atoms with Gasteiger partial charge in [0.2, 0.25) is 0 Å². The molecular weight excluding hydrogens is 432 g/mol. The molecule has 2 heterocycles. The molecule has 0 aliphatic carbocycles. The quantitative estimate of drug-likeness (QED) is 0.348. The molecule has 6 heteroatoms. The van der Waals surface area contributed by atoms with Crippen LogP contribution in [0.5, 0.6) is 0 Å². The minimum absolute atomic E-state index is 0.127. The van der Waals surface area contributed by atoms with Gasteiger partial charge in [-0.2, -0.15) is 0 Å². The highest BCUT2D eigenvalue weighted by atomic mass is 35.5. The van der Waals surface area contributed by atoms with Crippen LogP contribution >= 0.6 is 11.6 Å². The molecule has 1 amide bonds. The van der Waals surface area contributed by atoms with E-state index < -0.39 is 0 Å². The normalized spacial score (nSPS) is 10.7. The molecule has 0 saturated heterocycles. The number of hydrogen-bond acceptors (Lipinski definition) is 4. The van der Waals surface area contributed by atoms with Gasteiger partial charge in [0.1, 0.15) is 0 Å². The lowest BCUT2D eigenvalue weighted by molar-refractivity contribution is 0.0951. The van der Waals surface area contributed by atoms with Crippen LogP contribution < -0.4 is 10.6 Å². The fourth-order valence-corrected chi connectivity index (χ4v) is 4.20. The van der Waals surface area contributed by atoms with Crippen LogP contribution in [-0.4, -0.2) is 15.9 Å². The first kappa shape index (κ1) is 22.5. The molecule has 166 valence electrons. The van der Waals surface area contributed by atoms with Crippen molar-refractivity contribution in [2.24, 2.45) is 0 Å². The number of nitrogens with one attached hydrogen (secondary N) is 2. The number of halogens is 1. The van der Waals surface area contributed by atoms with Crippen LogP contribution in [-0.2, 0) is 19.4 Å². The van der Waals surface area contributed by atoms with Crippen molar-refractivity contribution < 1.29 is 4.79 Å². The summed E-state index contributed by atoms with van der Waals surface area (Å²) in [6.07, 6.45) is 6.55. The lowest BCUT2D eigenvalue weighted by Crippen LogP contribution is -2.23. The Morgan fingerprint density at radius 1 is 1.06 bits per heavy atom. The predicted octanol–water partition coefficient (Wildman–Crippen LogP) is 5.86. The van der Waals surface area contributed by atoms with E-state index in [4.69, 9.17) is 16.6 Å². The Hall–Kier alpha value is -3.70. The van der Waals surface area contributed by atoms with Gasteiger partial charge in [-0.3, -0.25) is 14.8 Å². The van der Waals surface area contributed by atoms with Crippen molar-refractivity contribution in [3.05, 3.63) is 113 Å². The van der Waals surface area contributed by atoms with Gasteiger partial charge in [-0.25, -0.2) is 0 Å². The predicted molar refractivity (Wildman–Crippen MR) is 135 cm³/mol. The highest BCUT2D eigenvalue weighted by Gasteiger charge is 2.13. The van der Waals surface area contributed by atoms with Crippen molar-refractivity contribution >= 4 is 34.1 Å². The van der Waals surface area contributed by atoms with Crippen molar-refractivity contribution in [2.45, 2.75) is 26.3 Å². The van der Waals surface area contributed by atoms with Crippen LogP contribution in [0, 0.1) is 6.92 Å². The van der Waals surface area contributed by atoms with E-state index in [1.54, 1.807) is 30.7 Å². The average Bonchev–Trinajstić information content (AvgIpc) is 2.83. The lowest BCUT2D eigenvalue weighted by atomic mass is 9.98. The van der Waals surface area contributed by atoms with E-state index in [0.29, 0.717) is 23.6 Å². The van der Waals surface area contributed by atoms with Crippen molar-refractivity contribution in [3.8, 4) is 0 Å². The molecule has 0 aliphatic heterocycles. The summed E-state index contributed by atoms with van der Waals surface area (Å²) >= 11 is 6.53. The van der Waals surface area contributed by atoms with Gasteiger partial charge in [0.15, 0.2) is 0 Å². The number of aromatic nitrogens is 2. The molecular formula is C27H25ClN4O. The molecule has 4 rings (SSSR count). The minimum atomic E-state index is -0.127. The number of carbonyl (C=O) groups is 1. The molecule has 33 heavy (non-hydrogen) atoms. The third-order valence-corrected chi connectivity index (χ3v) is 5.85. The van der Waals surface area contributed by atoms with Crippen molar-refractivity contribution in [3.63, 3.8) is 0 Å². The Balaban J connectivity index is 1.56. The maximum atomic E-state index is 12.5. The largest absolute Gasteiger partial charge is 0.362 e. The topological polar surface area (TPSA) is 66.9 Å². The van der Waals surface area contributed by atoms with Crippen LogP contribution in [0.3, 0.4) is 0 Å². The Morgan fingerprint density at radius 3 is 2.67 bits per heavy atom. The lowest BCUT2D eigenvalue weighted by Gasteiger charge is -2.14. The number of para-hydroxylation sites is 1. The van der Waals surface area contributed by atoms with Crippen LogP contribution in [0.25, 0.3) is 10.9 Å². The number of rotatable bonds is 8. The van der Waals surface area contributed by atoms with Gasteiger partial charge in [0.25, 0.3) is 5.91 Å². The summed E-state index contributed by atoms with van der Waals surface area (Å²) in [6.45, 7) is 6.12. The van der Waals surface area contributed by atoms with Gasteiger partial charge >= 0.3 is 0 Å². The van der Waals surface area contributed by atoms with Gasteiger partial charge in [-0.05, 0) is 60.9 Å². The number of hydrogen-bond donors (Lipinski definition) is 2. The van der Waals surface area contributed by atoms with E-state index in [-0.39, 0.29) is 5.91 Å². The maximum absolute atomic E-state index is 12.5. The number of benzene rings is 2. The molecule has 4 aromatic rings. The van der Waals surface area contributed by atoms with Crippen LogP contribution in [0.4, 0.5) is 5.69 Å². The Morgan fingerprint density at radius 2 is 1.88 bits per heavy atom. The number of nitrogens with zero attached hydrogens (tertiary/aromatic N) is 2. The minimum Gasteiger partial charge on any atom is -0.362 e. The Labute approximate surface area is 198 Å². The van der Waals surface area contributed by atoms with E-state index in [9.17, 15) is 4.79 Å². The molecule has 2 aromatic heterocycles. The number of aryl methyl sites for hydroxylation is 2. The van der Waals surface area contributed by atoms with Gasteiger partial charge in [0, 0.05) is 41.3 Å². The molecule has 2 aromatic carbocycles. The molecule has 0 aliphatic rings. The standard InChI is InChI=1S/C27H25ClN4O/c1-3-30-25-14-18(2)32-26-19(10-7-11-23(25)26)12-13-22-21(15-29-17-24(22)28)16-31-27(33)20-8-5-4-6-9-20/h3-11,14-15,17H,1,12-13,16H2,2H3,(H,30,32)(H,31,33). The molecule has 0 atom stereocenters. The second-order valence-electron chi connectivity index (χ2n) is 7.78. The molecule has 0 bridgehead atoms. The van der Waals surface area contributed by atoms with Crippen molar-refractivity contribution in [2.75, 3.05) is 5.32 Å². The van der Waals surface area contributed by atoms with E-state index in [2.05, 4.69) is 34.3 Å². The Kier molecular flexibility index (Phi) is 7.01. The summed E-state index contributed by atoms with van der Waals surface area (Å²) in [5.74, 6) is -0.127. The summed E-state index contributed by atoms with van der Waals surface area (Å²) in [5, 5.41) is 7.82. The van der Waals surface area contributed by atoms with Crippen molar-refractivity contribution in [1.82, 2.24) is 15.3 Å². The number of carbonyl (C=O) groups excluding carboxylic acids is 1. The highest BCUT2D eigenvalue weighted by molar-refractivity contribution is 6.31. The zero-order chi connectivity index (χ0) is 23.2. The third-order valence-electron chi connectivity index (χ3n) is 5.52. The van der Waals surface area contributed by atoms with Gasteiger partial charge < -0.3 is 10.6 Å². The second-order valence-corrected chi connectivity index (χ2v) is 8.19. The summed E-state index contributed by atoms with van der Waals surface area (Å²) in [5.41, 5.74) is 6.53. The average molecular weight is 457 g/mol. The van der Waals surface area contributed by atoms with Crippen LogP contribution in [0.1, 0.15) is 32.7 Å². The third kappa shape index (κ3) is 5.21. The molecule has 0 unspecified atom stereocenters. The van der Waals surface area contributed by atoms with Gasteiger partial charge in [-0.15, -0.1) is 0 Å².